The molecule has 3 heteroatoms. The van der Waals surface area contributed by atoms with E-state index in [2.05, 4.69) is 0 Å². The van der Waals surface area contributed by atoms with Crippen LogP contribution in [0.5, 0.6) is 0 Å². The Kier molecular flexibility index (Phi) is 1.37. The molecule has 0 fully saturated rings. The number of nitrogen functional groups attached to an aromatic ring is 1. The Hall–Kier alpha value is -1.77. The zero-order chi connectivity index (χ0) is 8.55. The molecule has 1 aromatic carbocycles. The van der Waals surface area contributed by atoms with Crippen LogP contribution in [0.4, 0.5) is 0 Å². The van der Waals surface area contributed by atoms with E-state index < -0.39 is 0 Å². The molecule has 2 rings (SSSR count). The fraction of sp³-hybridized carbons (Fsp3) is 0. The number of nitrogens with two attached hydrogens (primary N) is 1. The van der Waals surface area contributed by atoms with Gasteiger partial charge in [-0.25, -0.2) is 4.68 Å². The summed E-state index contributed by atoms with van der Waals surface area (Å²) in [4.78, 5) is 11.1. The molecule has 3 nitrogen and oxygen atoms in total. The van der Waals surface area contributed by atoms with E-state index in [0.29, 0.717) is 0 Å². The Bertz CT molecular complexity index is 473. The summed E-state index contributed by atoms with van der Waals surface area (Å²) in [5.41, 5.74) is -0.186. The lowest BCUT2D eigenvalue weighted by Crippen LogP contribution is -2.25. The van der Waals surface area contributed by atoms with Gasteiger partial charge in [0.2, 0.25) is 0 Å². The first-order chi connectivity index (χ1) is 5.77. The van der Waals surface area contributed by atoms with E-state index in [-0.39, 0.29) is 5.56 Å². The SMILES string of the molecule is Nn1cc2ccccc2cc1=O. The Labute approximate surface area is 69.0 Å². The van der Waals surface area contributed by atoms with Crippen molar-refractivity contribution in [1.82, 2.24) is 4.68 Å². The van der Waals surface area contributed by atoms with Gasteiger partial charge in [-0.2, -0.15) is 0 Å². The number of nitrogens with zero attached hydrogens (tertiary/aromatic N) is 1. The molecule has 2 N–H and O–H groups in total. The van der Waals surface area contributed by atoms with Crippen molar-refractivity contribution in [2.24, 2.45) is 0 Å². The van der Waals surface area contributed by atoms with Gasteiger partial charge in [-0.05, 0) is 5.39 Å². The molecule has 1 aromatic heterocycles. The van der Waals surface area contributed by atoms with E-state index >= 15 is 0 Å². The summed E-state index contributed by atoms with van der Waals surface area (Å²) >= 11 is 0. The van der Waals surface area contributed by atoms with Crippen LogP contribution in [0.2, 0.25) is 0 Å². The third kappa shape index (κ3) is 0.955. The highest BCUT2D eigenvalue weighted by Gasteiger charge is 1.94. The molecule has 0 aliphatic rings. The molecule has 0 radical (unpaired) electrons. The highest BCUT2D eigenvalue weighted by molar-refractivity contribution is 5.81. The normalized spacial score (nSPS) is 10.3. The van der Waals surface area contributed by atoms with E-state index in [1.807, 2.05) is 24.3 Å². The summed E-state index contributed by atoms with van der Waals surface area (Å²) in [5, 5.41) is 1.89. The maximum atomic E-state index is 11.1. The summed E-state index contributed by atoms with van der Waals surface area (Å²) in [6.45, 7) is 0. The van der Waals surface area contributed by atoms with E-state index in [0.717, 1.165) is 15.4 Å². The molecule has 0 spiro atoms. The second-order valence-electron chi connectivity index (χ2n) is 2.65. The van der Waals surface area contributed by atoms with Crippen LogP contribution < -0.4 is 11.4 Å². The Morgan fingerprint density at radius 3 is 2.58 bits per heavy atom. The van der Waals surface area contributed by atoms with Crippen LogP contribution in [0, 0.1) is 0 Å². The van der Waals surface area contributed by atoms with Gasteiger partial charge in [0, 0.05) is 17.6 Å². The molecule has 0 aliphatic heterocycles. The lowest BCUT2D eigenvalue weighted by atomic mass is 10.2. The van der Waals surface area contributed by atoms with Crippen LogP contribution in [-0.4, -0.2) is 4.68 Å². The summed E-state index contributed by atoms with van der Waals surface area (Å²) in [5.74, 6) is 5.39. The lowest BCUT2D eigenvalue weighted by molar-refractivity contribution is 0.950. The number of hydrogen-bond donors (Lipinski definition) is 1. The van der Waals surface area contributed by atoms with Crippen molar-refractivity contribution in [3.63, 3.8) is 0 Å². The van der Waals surface area contributed by atoms with Gasteiger partial charge >= 0.3 is 0 Å². The smallest absolute Gasteiger partial charge is 0.269 e. The highest BCUT2D eigenvalue weighted by atomic mass is 16.1. The van der Waals surface area contributed by atoms with Crippen LogP contribution >= 0.6 is 0 Å². The molecule has 0 atom stereocenters. The van der Waals surface area contributed by atoms with E-state index in [4.69, 9.17) is 5.84 Å². The Morgan fingerprint density at radius 1 is 1.17 bits per heavy atom. The highest BCUT2D eigenvalue weighted by Crippen LogP contribution is 2.08. The van der Waals surface area contributed by atoms with Gasteiger partial charge in [0.15, 0.2) is 0 Å². The standard InChI is InChI=1S/C9H8N2O/c10-11-6-8-4-2-1-3-7(8)5-9(11)12/h1-6H,10H2. The zero-order valence-corrected chi connectivity index (χ0v) is 6.40. The fourth-order valence-corrected chi connectivity index (χ4v) is 1.18. The summed E-state index contributed by atoms with van der Waals surface area (Å²) < 4.78 is 1.09. The van der Waals surface area contributed by atoms with E-state index in [1.165, 1.54) is 6.07 Å². The first kappa shape index (κ1) is 6.91. The second-order valence-corrected chi connectivity index (χ2v) is 2.65. The van der Waals surface area contributed by atoms with Gasteiger partial charge in [-0.3, -0.25) is 4.79 Å². The number of benzene rings is 1. The first-order valence-electron chi connectivity index (χ1n) is 3.64. The molecule has 0 bridgehead atoms. The minimum Gasteiger partial charge on any atom is -0.336 e. The van der Waals surface area contributed by atoms with Gasteiger partial charge in [-0.15, -0.1) is 0 Å². The monoisotopic (exact) mass is 160 g/mol. The lowest BCUT2D eigenvalue weighted by Gasteiger charge is -1.99. The molecule has 0 aliphatic carbocycles. The summed E-state index contributed by atoms with van der Waals surface area (Å²) in [6.07, 6.45) is 1.62. The molecule has 0 amide bonds. The quantitative estimate of drug-likeness (QED) is 0.577. The van der Waals surface area contributed by atoms with Crippen molar-refractivity contribution in [3.8, 4) is 0 Å². The van der Waals surface area contributed by atoms with Gasteiger partial charge in [0.25, 0.3) is 5.56 Å². The maximum absolute atomic E-state index is 11.1. The molecule has 0 saturated carbocycles. The fourth-order valence-electron chi connectivity index (χ4n) is 1.18. The molecular weight excluding hydrogens is 152 g/mol. The van der Waals surface area contributed by atoms with E-state index in [9.17, 15) is 4.79 Å². The van der Waals surface area contributed by atoms with Crippen LogP contribution in [0.25, 0.3) is 10.8 Å². The summed E-state index contributed by atoms with van der Waals surface area (Å²) in [7, 11) is 0. The third-order valence-electron chi connectivity index (χ3n) is 1.81. The predicted molar refractivity (Wildman–Crippen MR) is 48.4 cm³/mol. The molecule has 12 heavy (non-hydrogen) atoms. The number of aromatic nitrogens is 1. The summed E-state index contributed by atoms with van der Waals surface area (Å²) in [6, 6.07) is 9.12. The molecule has 60 valence electrons. The molecule has 1 heterocycles. The molecule has 0 unspecified atom stereocenters. The molecule has 2 aromatic rings. The number of rotatable bonds is 0. The average Bonchev–Trinajstić information content (AvgIpc) is 2.07. The van der Waals surface area contributed by atoms with Crippen molar-refractivity contribution in [1.29, 1.82) is 0 Å². The van der Waals surface area contributed by atoms with Crippen molar-refractivity contribution < 1.29 is 0 Å². The first-order valence-corrected chi connectivity index (χ1v) is 3.64. The minimum absolute atomic E-state index is 0.186. The zero-order valence-electron chi connectivity index (χ0n) is 6.40. The van der Waals surface area contributed by atoms with Gasteiger partial charge in [0.1, 0.15) is 0 Å². The van der Waals surface area contributed by atoms with Crippen molar-refractivity contribution >= 4 is 10.8 Å². The average molecular weight is 160 g/mol. The van der Waals surface area contributed by atoms with Crippen LogP contribution in [0.1, 0.15) is 0 Å². The van der Waals surface area contributed by atoms with Gasteiger partial charge in [0.05, 0.1) is 0 Å². The topological polar surface area (TPSA) is 48.0 Å². The predicted octanol–water partition coefficient (Wildman–Crippen LogP) is 0.715. The van der Waals surface area contributed by atoms with Crippen molar-refractivity contribution in [2.45, 2.75) is 0 Å². The van der Waals surface area contributed by atoms with Crippen LogP contribution in [-0.2, 0) is 0 Å². The minimum atomic E-state index is -0.186. The van der Waals surface area contributed by atoms with Gasteiger partial charge in [-0.1, -0.05) is 24.3 Å². The Morgan fingerprint density at radius 2 is 1.83 bits per heavy atom. The number of pyridine rings is 1. The molecule has 0 saturated heterocycles. The largest absolute Gasteiger partial charge is 0.336 e. The van der Waals surface area contributed by atoms with Crippen molar-refractivity contribution in [3.05, 3.63) is 46.9 Å². The Balaban J connectivity index is 2.93. The van der Waals surface area contributed by atoms with E-state index in [1.54, 1.807) is 6.20 Å². The second kappa shape index (κ2) is 2.37. The number of hydrogen-bond acceptors (Lipinski definition) is 2. The van der Waals surface area contributed by atoms with Crippen molar-refractivity contribution in [2.75, 3.05) is 5.84 Å². The third-order valence-corrected chi connectivity index (χ3v) is 1.81. The maximum Gasteiger partial charge on any atom is 0.269 e. The van der Waals surface area contributed by atoms with Crippen LogP contribution in [0.3, 0.4) is 0 Å². The van der Waals surface area contributed by atoms with Gasteiger partial charge < -0.3 is 5.84 Å². The van der Waals surface area contributed by atoms with Crippen LogP contribution in [0.15, 0.2) is 41.3 Å². The molecular formula is C9H8N2O. The number of fused-ring (bicyclic) bond motifs is 1.